The molecular weight excluding hydrogens is 328 g/mol. The number of thioether (sulfide) groups is 1. The van der Waals surface area contributed by atoms with Crippen LogP contribution in [0.2, 0.25) is 5.02 Å². The number of hydrogen-bond donors (Lipinski definition) is 0. The number of halogens is 1. The Morgan fingerprint density at radius 2 is 2.38 bits per heavy atom. The molecule has 0 bridgehead atoms. The molecule has 1 amide bonds. The molecule has 2 heterocycles. The Morgan fingerprint density at radius 1 is 1.57 bits per heavy atom. The molecule has 1 aliphatic heterocycles. The Bertz CT molecular complexity index is 716. The Morgan fingerprint density at radius 3 is 3.10 bits per heavy atom. The lowest BCUT2D eigenvalue weighted by Crippen LogP contribution is -2.24. The van der Waals surface area contributed by atoms with Gasteiger partial charge in [-0.2, -0.15) is 0 Å². The molecule has 21 heavy (non-hydrogen) atoms. The van der Waals surface area contributed by atoms with Crippen LogP contribution in [-0.4, -0.2) is 28.3 Å². The van der Waals surface area contributed by atoms with Crippen LogP contribution in [0.5, 0.6) is 0 Å². The zero-order valence-corrected chi connectivity index (χ0v) is 13.7. The second-order valence-electron chi connectivity index (χ2n) is 4.96. The summed E-state index contributed by atoms with van der Waals surface area (Å²) in [5.74, 6) is 0.955. The molecule has 0 saturated carbocycles. The first-order valence-electron chi connectivity index (χ1n) is 6.53. The molecule has 0 radical (unpaired) electrons. The number of rotatable bonds is 3. The van der Waals surface area contributed by atoms with Crippen molar-refractivity contribution in [3.8, 4) is 0 Å². The quantitative estimate of drug-likeness (QED) is 0.856. The molecule has 1 aromatic heterocycles. The van der Waals surface area contributed by atoms with Gasteiger partial charge in [-0.05, 0) is 18.1 Å². The Hall–Kier alpha value is -1.11. The lowest BCUT2D eigenvalue weighted by molar-refractivity contribution is -0.117. The van der Waals surface area contributed by atoms with Crippen LogP contribution in [0.1, 0.15) is 13.3 Å². The molecular formula is C14H13ClN2O2S2. The van der Waals surface area contributed by atoms with Crippen LogP contribution in [-0.2, 0) is 9.59 Å². The van der Waals surface area contributed by atoms with Crippen LogP contribution >= 0.6 is 34.7 Å². The molecule has 2 aromatic rings. The van der Waals surface area contributed by atoms with E-state index in [9.17, 15) is 9.59 Å². The van der Waals surface area contributed by atoms with E-state index in [-0.39, 0.29) is 16.9 Å². The molecule has 3 rings (SSSR count). The minimum absolute atomic E-state index is 0.0688. The van der Waals surface area contributed by atoms with Crippen LogP contribution in [0.4, 0.5) is 5.13 Å². The smallest absolute Gasteiger partial charge is 0.229 e. The zero-order chi connectivity index (χ0) is 15.0. The predicted molar refractivity (Wildman–Crippen MR) is 88.2 cm³/mol. The van der Waals surface area contributed by atoms with Crippen molar-refractivity contribution in [1.82, 2.24) is 4.98 Å². The van der Waals surface area contributed by atoms with Crippen molar-refractivity contribution < 1.29 is 9.59 Å². The summed E-state index contributed by atoms with van der Waals surface area (Å²) >= 11 is 8.88. The first kappa shape index (κ1) is 14.8. The summed E-state index contributed by atoms with van der Waals surface area (Å²) in [5.41, 5.74) is 0.744. The highest BCUT2D eigenvalue weighted by molar-refractivity contribution is 8.13. The van der Waals surface area contributed by atoms with Crippen molar-refractivity contribution in [3.05, 3.63) is 23.2 Å². The number of benzene rings is 1. The fraction of sp³-hybridized carbons (Fsp3) is 0.357. The second kappa shape index (κ2) is 5.94. The molecule has 1 unspecified atom stereocenters. The Balaban J connectivity index is 1.81. The van der Waals surface area contributed by atoms with Gasteiger partial charge in [0.15, 0.2) is 10.2 Å². The van der Waals surface area contributed by atoms with Crippen LogP contribution in [0.25, 0.3) is 10.2 Å². The van der Waals surface area contributed by atoms with Crippen molar-refractivity contribution in [2.24, 2.45) is 5.92 Å². The fourth-order valence-corrected chi connectivity index (χ4v) is 4.32. The van der Waals surface area contributed by atoms with E-state index in [1.165, 1.54) is 23.1 Å². The normalized spacial score (nSPS) is 18.7. The van der Waals surface area contributed by atoms with Crippen LogP contribution in [0.15, 0.2) is 18.2 Å². The molecule has 1 aromatic carbocycles. The number of carbonyl (C=O) groups is 2. The number of aromatic nitrogens is 1. The summed E-state index contributed by atoms with van der Waals surface area (Å²) < 4.78 is 0.979. The third-order valence-electron chi connectivity index (χ3n) is 3.32. The van der Waals surface area contributed by atoms with Gasteiger partial charge >= 0.3 is 0 Å². The Labute approximate surface area is 135 Å². The van der Waals surface area contributed by atoms with E-state index in [0.717, 1.165) is 10.2 Å². The maximum atomic E-state index is 12.2. The summed E-state index contributed by atoms with van der Waals surface area (Å²) in [6.45, 7) is 2.17. The first-order valence-corrected chi connectivity index (χ1v) is 8.71. The molecule has 110 valence electrons. The zero-order valence-electron chi connectivity index (χ0n) is 11.3. The highest BCUT2D eigenvalue weighted by Gasteiger charge is 2.32. The molecule has 7 heteroatoms. The highest BCUT2D eigenvalue weighted by Crippen LogP contribution is 2.35. The summed E-state index contributed by atoms with van der Waals surface area (Å²) in [7, 11) is 0. The summed E-state index contributed by atoms with van der Waals surface area (Å²) in [5, 5.41) is 1.39. The van der Waals surface area contributed by atoms with Gasteiger partial charge in [0.25, 0.3) is 0 Å². The highest BCUT2D eigenvalue weighted by atomic mass is 35.5. The maximum Gasteiger partial charge on any atom is 0.229 e. The van der Waals surface area contributed by atoms with Gasteiger partial charge in [0.2, 0.25) is 5.91 Å². The monoisotopic (exact) mass is 340 g/mol. The number of anilines is 1. The van der Waals surface area contributed by atoms with Gasteiger partial charge in [0.05, 0.1) is 9.72 Å². The molecule has 1 atom stereocenters. The first-order chi connectivity index (χ1) is 10.0. The van der Waals surface area contributed by atoms with Gasteiger partial charge in [-0.25, -0.2) is 4.98 Å². The fourth-order valence-electron chi connectivity index (χ4n) is 2.33. The third-order valence-corrected chi connectivity index (χ3v) is 5.71. The largest absolute Gasteiger partial charge is 0.288 e. The van der Waals surface area contributed by atoms with Crippen molar-refractivity contribution in [2.75, 3.05) is 17.2 Å². The van der Waals surface area contributed by atoms with Crippen molar-refractivity contribution in [2.45, 2.75) is 13.3 Å². The lowest BCUT2D eigenvalue weighted by Gasteiger charge is -2.12. The number of amides is 1. The Kier molecular flexibility index (Phi) is 4.19. The summed E-state index contributed by atoms with van der Waals surface area (Å²) in [4.78, 5) is 29.4. The molecule has 0 N–H and O–H groups in total. The van der Waals surface area contributed by atoms with Gasteiger partial charge in [-0.1, -0.05) is 40.8 Å². The number of thiazole rings is 1. The van der Waals surface area contributed by atoms with Crippen LogP contribution < -0.4 is 4.90 Å². The molecule has 0 spiro atoms. The van der Waals surface area contributed by atoms with Crippen molar-refractivity contribution in [3.63, 3.8) is 0 Å². The van der Waals surface area contributed by atoms with Crippen molar-refractivity contribution in [1.29, 1.82) is 0 Å². The standard InChI is InChI=1S/C14H13ClN2O2S2/c1-8(18)20-7-9-5-12(19)17(6-9)14-16-13-10(15)3-2-4-11(13)21-14/h2-4,9H,5-7H2,1H3. The van der Waals surface area contributed by atoms with Gasteiger partial charge < -0.3 is 0 Å². The van der Waals surface area contributed by atoms with E-state index < -0.39 is 0 Å². The topological polar surface area (TPSA) is 50.3 Å². The third kappa shape index (κ3) is 3.07. The average Bonchev–Trinajstić information content (AvgIpc) is 3.00. The minimum Gasteiger partial charge on any atom is -0.288 e. The molecule has 4 nitrogen and oxygen atoms in total. The summed E-state index contributed by atoms with van der Waals surface area (Å²) in [6, 6.07) is 5.63. The molecule has 1 fully saturated rings. The van der Waals surface area contributed by atoms with Gasteiger partial charge in [-0.15, -0.1) is 0 Å². The van der Waals surface area contributed by atoms with E-state index in [4.69, 9.17) is 11.6 Å². The molecule has 1 saturated heterocycles. The molecule has 0 aliphatic carbocycles. The average molecular weight is 341 g/mol. The van der Waals surface area contributed by atoms with Crippen molar-refractivity contribution >= 4 is 61.1 Å². The van der Waals surface area contributed by atoms with E-state index in [1.54, 1.807) is 17.9 Å². The summed E-state index contributed by atoms with van der Waals surface area (Å²) in [6.07, 6.45) is 0.476. The van der Waals surface area contributed by atoms with Gasteiger partial charge in [0, 0.05) is 25.6 Å². The SMILES string of the molecule is CC(=O)SCC1CC(=O)N(c2nc3c(Cl)cccc3s2)C1. The minimum atomic E-state index is 0.0688. The van der Waals surface area contributed by atoms with E-state index in [2.05, 4.69) is 4.98 Å². The maximum absolute atomic E-state index is 12.2. The second-order valence-corrected chi connectivity index (χ2v) is 7.57. The van der Waals surface area contributed by atoms with E-state index >= 15 is 0 Å². The number of nitrogens with zero attached hydrogens (tertiary/aromatic N) is 2. The molecule has 1 aliphatic rings. The van der Waals surface area contributed by atoms with Gasteiger partial charge in [-0.3, -0.25) is 14.5 Å². The van der Waals surface area contributed by atoms with E-state index in [0.29, 0.717) is 28.9 Å². The van der Waals surface area contributed by atoms with Gasteiger partial charge in [0.1, 0.15) is 5.52 Å². The van der Waals surface area contributed by atoms with Crippen LogP contribution in [0, 0.1) is 5.92 Å². The van der Waals surface area contributed by atoms with E-state index in [1.807, 2.05) is 12.1 Å². The number of carbonyl (C=O) groups excluding carboxylic acids is 2. The number of fused-ring (bicyclic) bond motifs is 1. The predicted octanol–water partition coefficient (Wildman–Crippen LogP) is 3.58. The number of para-hydroxylation sites is 1. The van der Waals surface area contributed by atoms with Crippen LogP contribution in [0.3, 0.4) is 0 Å². The number of hydrogen-bond acceptors (Lipinski definition) is 5. The lowest BCUT2D eigenvalue weighted by atomic mass is 10.1.